The number of benzene rings is 4. The molecule has 246 valence electrons. The highest BCUT2D eigenvalue weighted by atomic mass is 32.2. The van der Waals surface area contributed by atoms with Crippen molar-refractivity contribution in [1.82, 2.24) is 25.3 Å². The number of carbonyl (C=O) groups is 1. The number of rotatable bonds is 10. The van der Waals surface area contributed by atoms with E-state index >= 15 is 0 Å². The Morgan fingerprint density at radius 3 is 2.31 bits per heavy atom. The number of amides is 1. The van der Waals surface area contributed by atoms with Gasteiger partial charge in [-0.3, -0.25) is 9.78 Å². The van der Waals surface area contributed by atoms with Gasteiger partial charge in [-0.1, -0.05) is 104 Å². The Labute approximate surface area is 288 Å². The maximum Gasteiger partial charge on any atom is 0.271 e. The molecule has 1 saturated heterocycles. The first-order valence-electron chi connectivity index (χ1n) is 16.1. The van der Waals surface area contributed by atoms with Crippen molar-refractivity contribution >= 4 is 28.7 Å². The van der Waals surface area contributed by atoms with Crippen LogP contribution in [0.4, 0.5) is 0 Å². The van der Waals surface area contributed by atoms with Gasteiger partial charge in [-0.25, -0.2) is 15.0 Å². The topological polar surface area (TPSA) is 119 Å². The molecule has 49 heavy (non-hydrogen) atoms. The predicted molar refractivity (Wildman–Crippen MR) is 188 cm³/mol. The molecule has 4 atom stereocenters. The largest absolute Gasteiger partial charge is 0.392 e. The molecule has 0 aliphatic carbocycles. The number of ether oxygens (including phenoxy) is 2. The summed E-state index contributed by atoms with van der Waals surface area (Å²) in [5.41, 5.74) is 7.48. The molecule has 6 aromatic rings. The fraction of sp³-hybridized carbons (Fsp3) is 0.205. The van der Waals surface area contributed by atoms with Crippen LogP contribution in [-0.2, 0) is 22.6 Å². The lowest BCUT2D eigenvalue weighted by Crippen LogP contribution is -2.38. The van der Waals surface area contributed by atoms with Crippen molar-refractivity contribution in [3.8, 4) is 11.1 Å². The standard InChI is InChI=1S/C39H35N5O4S/c1-25-35(24-49-39-40-19-6-20-41-39)47-38(48-36(25)28-13-11-26(23-45)12-14-28)29-17-15-27(16-18-29)31-8-3-2-7-30(31)21-43-37(46)34-22-42-32-9-4-5-10-33(32)44-34/h2-20,22,25,35-36,38,45H,21,23-24H2,1H3,(H,43,46)/t25-,35+,36+,38+/m0/s1. The van der Waals surface area contributed by atoms with Crippen molar-refractivity contribution in [3.63, 3.8) is 0 Å². The number of aromatic nitrogens is 4. The van der Waals surface area contributed by atoms with E-state index in [1.54, 1.807) is 30.2 Å². The molecule has 0 spiro atoms. The molecule has 1 aliphatic rings. The van der Waals surface area contributed by atoms with Crippen molar-refractivity contribution in [2.24, 2.45) is 5.92 Å². The summed E-state index contributed by atoms with van der Waals surface area (Å²) in [5.74, 6) is 0.434. The second-order valence-electron chi connectivity index (χ2n) is 11.9. The predicted octanol–water partition coefficient (Wildman–Crippen LogP) is 7.09. The van der Waals surface area contributed by atoms with Gasteiger partial charge in [0.2, 0.25) is 0 Å². The third-order valence-electron chi connectivity index (χ3n) is 8.67. The monoisotopic (exact) mass is 669 g/mol. The van der Waals surface area contributed by atoms with Crippen molar-refractivity contribution in [1.29, 1.82) is 0 Å². The van der Waals surface area contributed by atoms with Gasteiger partial charge in [0, 0.05) is 36.2 Å². The first kappa shape index (κ1) is 32.5. The zero-order valence-corrected chi connectivity index (χ0v) is 27.7. The Morgan fingerprint density at radius 1 is 0.816 bits per heavy atom. The first-order valence-corrected chi connectivity index (χ1v) is 17.1. The van der Waals surface area contributed by atoms with Crippen LogP contribution in [0.15, 0.2) is 127 Å². The minimum Gasteiger partial charge on any atom is -0.392 e. The number of thioether (sulfide) groups is 1. The summed E-state index contributed by atoms with van der Waals surface area (Å²) in [6, 6.07) is 33.4. The van der Waals surface area contributed by atoms with E-state index in [1.165, 1.54) is 6.20 Å². The van der Waals surface area contributed by atoms with Gasteiger partial charge in [0.05, 0.1) is 36.0 Å². The van der Waals surface area contributed by atoms with Crippen LogP contribution in [0.1, 0.15) is 52.1 Å². The van der Waals surface area contributed by atoms with Gasteiger partial charge in [0.25, 0.3) is 5.91 Å². The highest BCUT2D eigenvalue weighted by molar-refractivity contribution is 7.99. The number of hydrogen-bond donors (Lipinski definition) is 2. The number of para-hydroxylation sites is 2. The maximum absolute atomic E-state index is 13.0. The van der Waals surface area contributed by atoms with E-state index in [-0.39, 0.29) is 36.3 Å². The van der Waals surface area contributed by atoms with Crippen LogP contribution in [0.3, 0.4) is 0 Å². The molecule has 0 bridgehead atoms. The van der Waals surface area contributed by atoms with Crippen LogP contribution in [-0.4, -0.2) is 42.8 Å². The van der Waals surface area contributed by atoms with Gasteiger partial charge < -0.3 is 19.9 Å². The number of hydrogen-bond acceptors (Lipinski definition) is 9. The molecule has 9 nitrogen and oxygen atoms in total. The minimum absolute atomic E-state index is 0.00950. The van der Waals surface area contributed by atoms with E-state index in [4.69, 9.17) is 9.47 Å². The highest BCUT2D eigenvalue weighted by Crippen LogP contribution is 2.43. The van der Waals surface area contributed by atoms with Gasteiger partial charge in [-0.05, 0) is 46.0 Å². The van der Waals surface area contributed by atoms with E-state index in [0.29, 0.717) is 23.0 Å². The minimum atomic E-state index is -0.590. The van der Waals surface area contributed by atoms with Crippen LogP contribution >= 0.6 is 11.8 Å². The Morgan fingerprint density at radius 2 is 1.53 bits per heavy atom. The molecule has 2 N–H and O–H groups in total. The summed E-state index contributed by atoms with van der Waals surface area (Å²) < 4.78 is 13.3. The smallest absolute Gasteiger partial charge is 0.271 e. The molecule has 4 aromatic carbocycles. The van der Waals surface area contributed by atoms with Crippen LogP contribution in [0, 0.1) is 5.92 Å². The molecule has 1 amide bonds. The molecule has 3 heterocycles. The summed E-state index contributed by atoms with van der Waals surface area (Å²) >= 11 is 1.56. The van der Waals surface area contributed by atoms with Gasteiger partial charge in [-0.2, -0.15) is 0 Å². The molecule has 0 unspecified atom stereocenters. The molecule has 7 rings (SSSR count). The molecule has 0 saturated carbocycles. The summed E-state index contributed by atoms with van der Waals surface area (Å²) in [7, 11) is 0. The summed E-state index contributed by atoms with van der Waals surface area (Å²) in [6.07, 6.45) is 4.05. The van der Waals surface area contributed by atoms with Crippen LogP contribution in [0.2, 0.25) is 0 Å². The molecule has 10 heteroatoms. The van der Waals surface area contributed by atoms with Crippen LogP contribution in [0.25, 0.3) is 22.2 Å². The maximum atomic E-state index is 13.0. The third kappa shape index (κ3) is 7.53. The van der Waals surface area contributed by atoms with Crippen LogP contribution < -0.4 is 5.32 Å². The molecule has 0 radical (unpaired) electrons. The van der Waals surface area contributed by atoms with E-state index < -0.39 is 6.29 Å². The lowest BCUT2D eigenvalue weighted by atomic mass is 9.91. The highest BCUT2D eigenvalue weighted by Gasteiger charge is 2.38. The average molecular weight is 670 g/mol. The third-order valence-corrected chi connectivity index (χ3v) is 9.64. The number of nitrogens with zero attached hydrogens (tertiary/aromatic N) is 4. The molecule has 1 aliphatic heterocycles. The van der Waals surface area contributed by atoms with E-state index in [1.807, 2.05) is 84.9 Å². The van der Waals surface area contributed by atoms with Gasteiger partial charge >= 0.3 is 0 Å². The molecular weight excluding hydrogens is 635 g/mol. The average Bonchev–Trinajstić information content (AvgIpc) is 3.17. The van der Waals surface area contributed by atoms with Crippen molar-refractivity contribution < 1.29 is 19.4 Å². The molecule has 1 fully saturated rings. The number of carbonyl (C=O) groups excluding carboxylic acids is 1. The zero-order valence-electron chi connectivity index (χ0n) is 26.8. The number of fused-ring (bicyclic) bond motifs is 1. The Balaban J connectivity index is 1.08. The zero-order chi connectivity index (χ0) is 33.6. The van der Waals surface area contributed by atoms with Gasteiger partial charge in [0.15, 0.2) is 11.4 Å². The first-order chi connectivity index (χ1) is 24.1. The Hall–Kier alpha value is -5.00. The van der Waals surface area contributed by atoms with Crippen molar-refractivity contribution in [3.05, 3.63) is 150 Å². The van der Waals surface area contributed by atoms with E-state index in [9.17, 15) is 9.90 Å². The SMILES string of the molecule is C[C@H]1[C@@H](CSc2ncccn2)O[C@@H](c2ccc(-c3ccccc3CNC(=O)c3cnc4ccccc4n3)cc2)O[C@H]1c1ccc(CO)cc1. The summed E-state index contributed by atoms with van der Waals surface area (Å²) in [6.45, 7) is 2.47. The summed E-state index contributed by atoms with van der Waals surface area (Å²) in [5, 5.41) is 13.3. The number of aliphatic hydroxyl groups excluding tert-OH is 1. The molecule has 2 aromatic heterocycles. The lowest BCUT2D eigenvalue weighted by Gasteiger charge is -2.41. The molecular formula is C39H35N5O4S. The number of aliphatic hydroxyl groups is 1. The van der Waals surface area contributed by atoms with Gasteiger partial charge in [-0.15, -0.1) is 0 Å². The lowest BCUT2D eigenvalue weighted by molar-refractivity contribution is -0.268. The fourth-order valence-corrected chi connectivity index (χ4v) is 6.90. The van der Waals surface area contributed by atoms with Gasteiger partial charge in [0.1, 0.15) is 5.69 Å². The van der Waals surface area contributed by atoms with Crippen LogP contribution in [0.5, 0.6) is 0 Å². The van der Waals surface area contributed by atoms with E-state index in [2.05, 4.69) is 44.3 Å². The number of nitrogens with one attached hydrogen (secondary N) is 1. The second-order valence-corrected chi connectivity index (χ2v) is 12.9. The fourth-order valence-electron chi connectivity index (χ4n) is 5.94. The normalized spacial score (nSPS) is 19.1. The van der Waals surface area contributed by atoms with Crippen molar-refractivity contribution in [2.45, 2.75) is 43.7 Å². The van der Waals surface area contributed by atoms with Crippen molar-refractivity contribution in [2.75, 3.05) is 5.75 Å². The second kappa shape index (κ2) is 15.0. The summed E-state index contributed by atoms with van der Waals surface area (Å²) in [4.78, 5) is 30.6. The Kier molecular flexibility index (Phi) is 9.99. The Bertz CT molecular complexity index is 2030. The van der Waals surface area contributed by atoms with E-state index in [0.717, 1.165) is 38.9 Å². The quantitative estimate of drug-likeness (QED) is 0.116.